The maximum atomic E-state index is 11.8. The summed E-state index contributed by atoms with van der Waals surface area (Å²) in [5.74, 6) is 1.20. The third-order valence-electron chi connectivity index (χ3n) is 4.67. The SMILES string of the molecule is CCC(C)(C)C1CCC(CN)C(S(C)=O)C1. The smallest absolute Gasteiger partial charge is 0.0388 e. The second-order valence-corrected chi connectivity index (χ2v) is 7.49. The molecule has 4 atom stereocenters. The Bertz CT molecular complexity index is 252. The van der Waals surface area contributed by atoms with Gasteiger partial charge in [0.1, 0.15) is 0 Å². The van der Waals surface area contributed by atoms with Crippen LogP contribution in [0.1, 0.15) is 46.5 Å². The van der Waals surface area contributed by atoms with Crippen molar-refractivity contribution in [1.29, 1.82) is 0 Å². The fourth-order valence-electron chi connectivity index (χ4n) is 2.87. The molecule has 4 unspecified atom stereocenters. The van der Waals surface area contributed by atoms with E-state index in [1.807, 2.05) is 6.26 Å². The molecule has 0 amide bonds. The first-order valence-corrected chi connectivity index (χ1v) is 8.06. The zero-order valence-electron chi connectivity index (χ0n) is 11.2. The standard InChI is InChI=1S/C13H27NOS/c1-5-13(2,3)11-7-6-10(9-14)12(8-11)16(4)15/h10-12H,5-9,14H2,1-4H3. The van der Waals surface area contributed by atoms with Crippen molar-refractivity contribution in [2.45, 2.75) is 51.7 Å². The molecule has 1 aliphatic carbocycles. The zero-order chi connectivity index (χ0) is 12.3. The molecular weight excluding hydrogens is 218 g/mol. The van der Waals surface area contributed by atoms with Crippen molar-refractivity contribution in [2.24, 2.45) is 23.0 Å². The molecule has 1 aliphatic rings. The summed E-state index contributed by atoms with van der Waals surface area (Å²) >= 11 is 0. The van der Waals surface area contributed by atoms with E-state index in [1.165, 1.54) is 12.8 Å². The highest BCUT2D eigenvalue weighted by atomic mass is 32.2. The van der Waals surface area contributed by atoms with Gasteiger partial charge in [0.2, 0.25) is 0 Å². The Morgan fingerprint density at radius 1 is 1.38 bits per heavy atom. The second kappa shape index (κ2) is 5.63. The van der Waals surface area contributed by atoms with Crippen LogP contribution >= 0.6 is 0 Å². The average Bonchev–Trinajstić information content (AvgIpc) is 2.28. The summed E-state index contributed by atoms with van der Waals surface area (Å²) in [6, 6.07) is 0. The van der Waals surface area contributed by atoms with E-state index < -0.39 is 10.8 Å². The summed E-state index contributed by atoms with van der Waals surface area (Å²) in [5, 5.41) is 0.328. The van der Waals surface area contributed by atoms with Gasteiger partial charge in [0, 0.05) is 22.3 Å². The van der Waals surface area contributed by atoms with Crippen molar-refractivity contribution in [3.05, 3.63) is 0 Å². The molecule has 2 nitrogen and oxygen atoms in total. The Morgan fingerprint density at radius 2 is 2.00 bits per heavy atom. The van der Waals surface area contributed by atoms with Crippen LogP contribution in [0.25, 0.3) is 0 Å². The lowest BCUT2D eigenvalue weighted by molar-refractivity contribution is 0.133. The van der Waals surface area contributed by atoms with Gasteiger partial charge >= 0.3 is 0 Å². The predicted molar refractivity (Wildman–Crippen MR) is 71.8 cm³/mol. The third kappa shape index (κ3) is 3.07. The molecule has 0 aromatic rings. The van der Waals surface area contributed by atoms with Gasteiger partial charge in [-0.3, -0.25) is 4.21 Å². The van der Waals surface area contributed by atoms with E-state index in [2.05, 4.69) is 20.8 Å². The highest BCUT2D eigenvalue weighted by molar-refractivity contribution is 7.84. The van der Waals surface area contributed by atoms with Crippen LogP contribution in [0.2, 0.25) is 0 Å². The maximum absolute atomic E-state index is 11.8. The first-order chi connectivity index (χ1) is 7.42. The lowest BCUT2D eigenvalue weighted by atomic mass is 9.67. The van der Waals surface area contributed by atoms with Gasteiger partial charge in [-0.2, -0.15) is 0 Å². The Hall–Kier alpha value is 0.110. The zero-order valence-corrected chi connectivity index (χ0v) is 12.0. The summed E-state index contributed by atoms with van der Waals surface area (Å²) in [6.45, 7) is 7.64. The highest BCUT2D eigenvalue weighted by Crippen LogP contribution is 2.43. The molecule has 96 valence electrons. The Balaban J connectivity index is 2.73. The third-order valence-corrected chi connectivity index (χ3v) is 6.10. The van der Waals surface area contributed by atoms with Crippen molar-refractivity contribution in [3.63, 3.8) is 0 Å². The van der Waals surface area contributed by atoms with Gasteiger partial charge < -0.3 is 5.73 Å². The van der Waals surface area contributed by atoms with Gasteiger partial charge in [-0.15, -0.1) is 0 Å². The van der Waals surface area contributed by atoms with Gasteiger partial charge in [0.15, 0.2) is 0 Å². The Kier molecular flexibility index (Phi) is 4.99. The van der Waals surface area contributed by atoms with Crippen molar-refractivity contribution in [1.82, 2.24) is 0 Å². The quantitative estimate of drug-likeness (QED) is 0.827. The van der Waals surface area contributed by atoms with Crippen molar-refractivity contribution < 1.29 is 4.21 Å². The van der Waals surface area contributed by atoms with Gasteiger partial charge in [0.05, 0.1) is 0 Å². The van der Waals surface area contributed by atoms with E-state index in [-0.39, 0.29) is 0 Å². The normalized spacial score (nSPS) is 33.7. The second-order valence-electron chi connectivity index (χ2n) is 5.88. The molecule has 0 aromatic carbocycles. The van der Waals surface area contributed by atoms with Crippen LogP contribution in [0.4, 0.5) is 0 Å². The lowest BCUT2D eigenvalue weighted by Crippen LogP contribution is -2.40. The van der Waals surface area contributed by atoms with Crippen LogP contribution in [0.15, 0.2) is 0 Å². The molecule has 0 aromatic heterocycles. The first-order valence-electron chi connectivity index (χ1n) is 6.44. The van der Waals surface area contributed by atoms with Gasteiger partial charge in [-0.1, -0.05) is 27.2 Å². The summed E-state index contributed by atoms with van der Waals surface area (Å²) in [4.78, 5) is 0. The molecular formula is C13H27NOS. The van der Waals surface area contributed by atoms with Crippen molar-refractivity contribution >= 4 is 10.8 Å². The molecule has 2 N–H and O–H groups in total. The van der Waals surface area contributed by atoms with Crippen LogP contribution in [-0.4, -0.2) is 22.3 Å². The van der Waals surface area contributed by atoms with E-state index in [0.717, 1.165) is 12.8 Å². The van der Waals surface area contributed by atoms with Crippen molar-refractivity contribution in [2.75, 3.05) is 12.8 Å². The van der Waals surface area contributed by atoms with E-state index >= 15 is 0 Å². The maximum Gasteiger partial charge on any atom is 0.0388 e. The molecule has 0 spiro atoms. The number of rotatable bonds is 4. The minimum Gasteiger partial charge on any atom is -0.330 e. The number of hydrogen-bond acceptors (Lipinski definition) is 2. The van der Waals surface area contributed by atoms with E-state index in [4.69, 9.17) is 5.73 Å². The van der Waals surface area contributed by atoms with Crippen LogP contribution in [0.5, 0.6) is 0 Å². The highest BCUT2D eigenvalue weighted by Gasteiger charge is 2.38. The molecule has 0 aliphatic heterocycles. The molecule has 1 saturated carbocycles. The minimum atomic E-state index is -0.719. The molecule has 1 rings (SSSR count). The minimum absolute atomic E-state index is 0.328. The Labute approximate surface area is 103 Å². The number of hydrogen-bond donors (Lipinski definition) is 1. The first kappa shape index (κ1) is 14.2. The summed E-state index contributed by atoms with van der Waals surface area (Å²) in [6.07, 6.45) is 6.57. The topological polar surface area (TPSA) is 43.1 Å². The van der Waals surface area contributed by atoms with Gasteiger partial charge in [-0.05, 0) is 43.1 Å². The largest absolute Gasteiger partial charge is 0.330 e. The average molecular weight is 245 g/mol. The molecule has 3 heteroatoms. The number of nitrogens with two attached hydrogens (primary N) is 1. The van der Waals surface area contributed by atoms with Crippen LogP contribution < -0.4 is 5.73 Å². The van der Waals surface area contributed by atoms with Crippen LogP contribution in [0.3, 0.4) is 0 Å². The summed E-state index contributed by atoms with van der Waals surface area (Å²) in [7, 11) is -0.719. The van der Waals surface area contributed by atoms with Crippen LogP contribution in [0, 0.1) is 17.3 Å². The molecule has 0 radical (unpaired) electrons. The Morgan fingerprint density at radius 3 is 2.44 bits per heavy atom. The fraction of sp³-hybridized carbons (Fsp3) is 1.00. The molecule has 0 bridgehead atoms. The van der Waals surface area contributed by atoms with Crippen molar-refractivity contribution in [3.8, 4) is 0 Å². The van der Waals surface area contributed by atoms with E-state index in [0.29, 0.717) is 29.0 Å². The van der Waals surface area contributed by atoms with E-state index in [9.17, 15) is 4.21 Å². The van der Waals surface area contributed by atoms with Gasteiger partial charge in [-0.25, -0.2) is 0 Å². The predicted octanol–water partition coefficient (Wildman–Crippen LogP) is 2.54. The van der Waals surface area contributed by atoms with Crippen LogP contribution in [-0.2, 0) is 10.8 Å². The summed E-state index contributed by atoms with van der Waals surface area (Å²) < 4.78 is 11.8. The monoisotopic (exact) mass is 245 g/mol. The molecule has 0 heterocycles. The fourth-order valence-corrected chi connectivity index (χ4v) is 4.16. The van der Waals surface area contributed by atoms with Gasteiger partial charge in [0.25, 0.3) is 0 Å². The lowest BCUT2D eigenvalue weighted by Gasteiger charge is -2.42. The summed E-state index contributed by atoms with van der Waals surface area (Å²) in [5.41, 5.74) is 6.17. The molecule has 16 heavy (non-hydrogen) atoms. The van der Waals surface area contributed by atoms with E-state index in [1.54, 1.807) is 0 Å². The molecule has 1 fully saturated rings. The molecule has 0 saturated heterocycles.